The maximum atomic E-state index is 13.5. The van der Waals surface area contributed by atoms with Crippen LogP contribution in [0.3, 0.4) is 0 Å². The molecule has 2 aromatic carbocycles. The fourth-order valence-corrected chi connectivity index (χ4v) is 2.16. The van der Waals surface area contributed by atoms with Crippen LogP contribution >= 0.6 is 0 Å². The van der Waals surface area contributed by atoms with Crippen LogP contribution in [-0.4, -0.2) is 17.9 Å². The van der Waals surface area contributed by atoms with Gasteiger partial charge in [-0.3, -0.25) is 9.59 Å². The van der Waals surface area contributed by atoms with Crippen LogP contribution in [0.5, 0.6) is 5.75 Å². The van der Waals surface area contributed by atoms with Crippen molar-refractivity contribution < 1.29 is 18.7 Å². The first-order chi connectivity index (χ1) is 10.6. The number of fused-ring (bicyclic) bond motifs is 1. The van der Waals surface area contributed by atoms with E-state index in [0.29, 0.717) is 11.4 Å². The minimum Gasteiger partial charge on any atom is -0.478 e. The third kappa shape index (κ3) is 2.90. The summed E-state index contributed by atoms with van der Waals surface area (Å²) in [6, 6.07) is 12.8. The number of halogens is 1. The number of nitrogens with one attached hydrogen (secondary N) is 2. The maximum Gasteiger partial charge on any atom is 0.266 e. The summed E-state index contributed by atoms with van der Waals surface area (Å²) < 4.78 is 19.0. The fraction of sp³-hybridized carbons (Fsp3) is 0.125. The minimum absolute atomic E-state index is 0.0733. The molecule has 2 aromatic rings. The van der Waals surface area contributed by atoms with Gasteiger partial charge in [0.25, 0.3) is 5.91 Å². The number of ether oxygens (including phenoxy) is 1. The summed E-state index contributed by atoms with van der Waals surface area (Å²) in [7, 11) is 0. The summed E-state index contributed by atoms with van der Waals surface area (Å²) in [5.41, 5.74) is 0.641. The maximum absolute atomic E-state index is 13.5. The van der Waals surface area contributed by atoms with Crippen LogP contribution in [0.1, 0.15) is 6.42 Å². The number of rotatable bonds is 3. The van der Waals surface area contributed by atoms with Gasteiger partial charge in [-0.15, -0.1) is 0 Å². The first-order valence-electron chi connectivity index (χ1n) is 6.74. The fourth-order valence-electron chi connectivity index (χ4n) is 2.16. The van der Waals surface area contributed by atoms with E-state index in [-0.39, 0.29) is 12.1 Å². The van der Waals surface area contributed by atoms with E-state index in [1.165, 1.54) is 18.2 Å². The molecule has 0 spiro atoms. The molecule has 0 aliphatic carbocycles. The molecule has 0 saturated carbocycles. The summed E-state index contributed by atoms with van der Waals surface area (Å²) in [4.78, 5) is 23.9. The van der Waals surface area contributed by atoms with Gasteiger partial charge in [-0.1, -0.05) is 24.3 Å². The molecule has 5 nitrogen and oxygen atoms in total. The highest BCUT2D eigenvalue weighted by Gasteiger charge is 2.29. The zero-order chi connectivity index (χ0) is 15.5. The van der Waals surface area contributed by atoms with E-state index in [9.17, 15) is 14.0 Å². The number of carbonyl (C=O) groups excluding carboxylic acids is 2. The lowest BCUT2D eigenvalue weighted by Crippen LogP contribution is -2.39. The number of carbonyl (C=O) groups is 2. The zero-order valence-electron chi connectivity index (χ0n) is 11.5. The van der Waals surface area contributed by atoms with E-state index in [1.807, 2.05) is 0 Å². The second kappa shape index (κ2) is 5.85. The van der Waals surface area contributed by atoms with Gasteiger partial charge in [-0.05, 0) is 24.3 Å². The molecule has 112 valence electrons. The molecule has 1 aliphatic rings. The monoisotopic (exact) mass is 300 g/mol. The third-order valence-corrected chi connectivity index (χ3v) is 3.23. The number of anilines is 2. The van der Waals surface area contributed by atoms with Gasteiger partial charge in [0.1, 0.15) is 11.6 Å². The van der Waals surface area contributed by atoms with Crippen LogP contribution in [0.15, 0.2) is 48.5 Å². The Morgan fingerprint density at radius 3 is 2.73 bits per heavy atom. The molecular formula is C16H13FN2O3. The number of benzene rings is 2. The predicted octanol–water partition coefficient (Wildman–Crippen LogP) is 2.55. The van der Waals surface area contributed by atoms with Crippen molar-refractivity contribution >= 4 is 23.2 Å². The SMILES string of the molecule is O=C(CC1Oc2ccccc2NC1=O)Nc1ccccc1F. The first-order valence-corrected chi connectivity index (χ1v) is 6.74. The Hall–Kier alpha value is -2.89. The summed E-state index contributed by atoms with van der Waals surface area (Å²) in [5.74, 6) is -0.923. The Balaban J connectivity index is 1.67. The quantitative estimate of drug-likeness (QED) is 0.915. The van der Waals surface area contributed by atoms with E-state index in [0.717, 1.165) is 0 Å². The molecule has 3 rings (SSSR count). The van der Waals surface area contributed by atoms with Crippen LogP contribution in [0.2, 0.25) is 0 Å². The Morgan fingerprint density at radius 2 is 1.91 bits per heavy atom. The normalized spacial score (nSPS) is 16.2. The van der Waals surface area contributed by atoms with Gasteiger partial charge in [0.15, 0.2) is 6.10 Å². The third-order valence-electron chi connectivity index (χ3n) is 3.23. The van der Waals surface area contributed by atoms with Crippen molar-refractivity contribution in [2.75, 3.05) is 10.6 Å². The minimum atomic E-state index is -0.943. The smallest absolute Gasteiger partial charge is 0.266 e. The van der Waals surface area contributed by atoms with Crippen molar-refractivity contribution in [2.24, 2.45) is 0 Å². The molecule has 2 amide bonds. The number of hydrogen-bond donors (Lipinski definition) is 2. The first kappa shape index (κ1) is 14.1. The molecule has 0 fully saturated rings. The summed E-state index contributed by atoms with van der Waals surface area (Å²) >= 11 is 0. The van der Waals surface area contributed by atoms with E-state index >= 15 is 0 Å². The van der Waals surface area contributed by atoms with Crippen LogP contribution in [0, 0.1) is 5.82 Å². The lowest BCUT2D eigenvalue weighted by molar-refractivity contribution is -0.128. The Bertz CT molecular complexity index is 733. The van der Waals surface area contributed by atoms with Crippen LogP contribution in [-0.2, 0) is 9.59 Å². The van der Waals surface area contributed by atoms with Crippen molar-refractivity contribution in [3.05, 3.63) is 54.3 Å². The van der Waals surface area contributed by atoms with Gasteiger partial charge in [-0.25, -0.2) is 4.39 Å². The van der Waals surface area contributed by atoms with Crippen molar-refractivity contribution in [1.82, 2.24) is 0 Å². The molecule has 1 atom stereocenters. The van der Waals surface area contributed by atoms with Gasteiger partial charge in [-0.2, -0.15) is 0 Å². The van der Waals surface area contributed by atoms with Crippen LogP contribution in [0.25, 0.3) is 0 Å². The van der Waals surface area contributed by atoms with E-state index in [4.69, 9.17) is 4.74 Å². The molecule has 0 bridgehead atoms. The average molecular weight is 300 g/mol. The van der Waals surface area contributed by atoms with Crippen LogP contribution < -0.4 is 15.4 Å². The molecule has 1 heterocycles. The summed E-state index contributed by atoms with van der Waals surface area (Å²) in [6.07, 6.45) is -1.14. The van der Waals surface area contributed by atoms with E-state index < -0.39 is 23.7 Å². The van der Waals surface area contributed by atoms with Crippen molar-refractivity contribution in [2.45, 2.75) is 12.5 Å². The van der Waals surface area contributed by atoms with Gasteiger partial charge in [0.2, 0.25) is 5.91 Å². The number of para-hydroxylation sites is 3. The highest BCUT2D eigenvalue weighted by molar-refractivity contribution is 6.01. The van der Waals surface area contributed by atoms with Gasteiger partial charge in [0, 0.05) is 0 Å². The predicted molar refractivity (Wildman–Crippen MR) is 79.1 cm³/mol. The highest BCUT2D eigenvalue weighted by Crippen LogP contribution is 2.29. The topological polar surface area (TPSA) is 67.4 Å². The van der Waals surface area contributed by atoms with Crippen molar-refractivity contribution in [3.8, 4) is 5.75 Å². The Morgan fingerprint density at radius 1 is 1.18 bits per heavy atom. The molecule has 1 aliphatic heterocycles. The highest BCUT2D eigenvalue weighted by atomic mass is 19.1. The van der Waals surface area contributed by atoms with Gasteiger partial charge >= 0.3 is 0 Å². The Kier molecular flexibility index (Phi) is 3.74. The van der Waals surface area contributed by atoms with E-state index in [2.05, 4.69) is 10.6 Å². The molecule has 22 heavy (non-hydrogen) atoms. The lowest BCUT2D eigenvalue weighted by Gasteiger charge is -2.25. The molecule has 1 unspecified atom stereocenters. The van der Waals surface area contributed by atoms with Crippen LogP contribution in [0.4, 0.5) is 15.8 Å². The van der Waals surface area contributed by atoms with Crippen molar-refractivity contribution in [1.29, 1.82) is 0 Å². The molecule has 2 N–H and O–H groups in total. The molecule has 0 radical (unpaired) electrons. The lowest BCUT2D eigenvalue weighted by atomic mass is 10.1. The largest absolute Gasteiger partial charge is 0.478 e. The number of hydrogen-bond acceptors (Lipinski definition) is 3. The van der Waals surface area contributed by atoms with E-state index in [1.54, 1.807) is 30.3 Å². The number of amides is 2. The zero-order valence-corrected chi connectivity index (χ0v) is 11.5. The molecular weight excluding hydrogens is 287 g/mol. The Labute approximate surface area is 126 Å². The standard InChI is InChI=1S/C16H13FN2O3/c17-10-5-1-2-6-11(10)18-15(20)9-14-16(21)19-12-7-3-4-8-13(12)22-14/h1-8,14H,9H2,(H,18,20)(H,19,21). The molecule has 0 aromatic heterocycles. The summed E-state index contributed by atoms with van der Waals surface area (Å²) in [5, 5.41) is 5.10. The second-order valence-electron chi connectivity index (χ2n) is 4.82. The molecule has 0 saturated heterocycles. The summed E-state index contributed by atoms with van der Waals surface area (Å²) in [6.45, 7) is 0. The van der Waals surface area contributed by atoms with Crippen molar-refractivity contribution in [3.63, 3.8) is 0 Å². The second-order valence-corrected chi connectivity index (χ2v) is 4.82. The molecule has 6 heteroatoms. The van der Waals surface area contributed by atoms with Gasteiger partial charge < -0.3 is 15.4 Å². The average Bonchev–Trinajstić information content (AvgIpc) is 2.50. The van der Waals surface area contributed by atoms with Gasteiger partial charge in [0.05, 0.1) is 17.8 Å².